The van der Waals surface area contributed by atoms with Crippen LogP contribution < -0.4 is 4.74 Å². The summed E-state index contributed by atoms with van der Waals surface area (Å²) < 4.78 is 5.11. The van der Waals surface area contributed by atoms with E-state index in [0.717, 1.165) is 19.0 Å². The molecular formula is C7H11N3O3. The molecule has 1 heterocycles. The Labute approximate surface area is 75.1 Å². The second-order valence-corrected chi connectivity index (χ2v) is 2.53. The van der Waals surface area contributed by atoms with Crippen molar-refractivity contribution in [3.8, 4) is 6.01 Å². The molecule has 1 aromatic rings. The van der Waals surface area contributed by atoms with Gasteiger partial charge in [0.1, 0.15) is 6.20 Å². The van der Waals surface area contributed by atoms with Crippen molar-refractivity contribution in [2.75, 3.05) is 6.61 Å². The zero-order valence-electron chi connectivity index (χ0n) is 7.32. The lowest BCUT2D eigenvalue weighted by molar-refractivity contribution is -0.389. The summed E-state index contributed by atoms with van der Waals surface area (Å²) >= 11 is 0. The van der Waals surface area contributed by atoms with Gasteiger partial charge in [0.25, 0.3) is 0 Å². The summed E-state index contributed by atoms with van der Waals surface area (Å²) in [6.45, 7) is 2.56. The highest BCUT2D eigenvalue weighted by Crippen LogP contribution is 2.11. The van der Waals surface area contributed by atoms with Gasteiger partial charge in [0.15, 0.2) is 0 Å². The minimum absolute atomic E-state index is 0.147. The molecule has 6 nitrogen and oxygen atoms in total. The van der Waals surface area contributed by atoms with Gasteiger partial charge in [0.05, 0.1) is 6.61 Å². The first-order valence-corrected chi connectivity index (χ1v) is 4.06. The molecule has 72 valence electrons. The molecule has 0 aliphatic rings. The highest BCUT2D eigenvalue weighted by molar-refractivity contribution is 5.17. The first-order valence-electron chi connectivity index (χ1n) is 4.06. The molecule has 0 aromatic carbocycles. The second kappa shape index (κ2) is 4.44. The number of hydrogen-bond acceptors (Lipinski definition) is 4. The summed E-state index contributed by atoms with van der Waals surface area (Å²) in [5.74, 6) is -0.147. The SMILES string of the molecule is CCCCOc1ncc([N+](=O)[O-])[nH]1. The number of rotatable bonds is 5. The molecule has 0 spiro atoms. The smallest absolute Gasteiger partial charge is 0.388 e. The van der Waals surface area contributed by atoms with Gasteiger partial charge in [-0.05, 0) is 11.3 Å². The standard InChI is InChI=1S/C7H11N3O3/c1-2-3-4-13-7-8-5-6(9-7)10(11)12/h5H,2-4H2,1H3,(H,8,9). The van der Waals surface area contributed by atoms with Gasteiger partial charge >= 0.3 is 11.8 Å². The van der Waals surface area contributed by atoms with Crippen LogP contribution >= 0.6 is 0 Å². The fraction of sp³-hybridized carbons (Fsp3) is 0.571. The largest absolute Gasteiger partial charge is 0.447 e. The van der Waals surface area contributed by atoms with Crippen molar-refractivity contribution in [3.05, 3.63) is 16.3 Å². The third-order valence-electron chi connectivity index (χ3n) is 1.47. The number of H-pyrrole nitrogens is 1. The van der Waals surface area contributed by atoms with Crippen molar-refractivity contribution in [1.82, 2.24) is 9.97 Å². The third-order valence-corrected chi connectivity index (χ3v) is 1.47. The molecule has 0 amide bonds. The number of aromatic nitrogens is 2. The Morgan fingerprint density at radius 2 is 2.54 bits per heavy atom. The van der Waals surface area contributed by atoms with Crippen LogP contribution in [0.1, 0.15) is 19.8 Å². The Morgan fingerprint density at radius 3 is 3.08 bits per heavy atom. The summed E-state index contributed by atoms with van der Waals surface area (Å²) in [5.41, 5.74) is 0. The number of aromatic amines is 1. The molecule has 1 rings (SSSR count). The van der Waals surface area contributed by atoms with Gasteiger partial charge in [0, 0.05) is 0 Å². The molecule has 0 fully saturated rings. The van der Waals surface area contributed by atoms with E-state index in [1.807, 2.05) is 6.92 Å². The summed E-state index contributed by atoms with van der Waals surface area (Å²) in [4.78, 5) is 15.8. The van der Waals surface area contributed by atoms with E-state index in [9.17, 15) is 10.1 Å². The highest BCUT2D eigenvalue weighted by atomic mass is 16.6. The number of nitrogens with zero attached hydrogens (tertiary/aromatic N) is 2. The number of nitrogens with one attached hydrogen (secondary N) is 1. The first kappa shape index (κ1) is 9.50. The molecule has 0 aliphatic heterocycles. The summed E-state index contributed by atoms with van der Waals surface area (Å²) in [5, 5.41) is 10.2. The van der Waals surface area contributed by atoms with E-state index in [1.54, 1.807) is 0 Å². The normalized spacial score (nSPS) is 9.92. The molecule has 13 heavy (non-hydrogen) atoms. The average Bonchev–Trinajstić information content (AvgIpc) is 2.53. The van der Waals surface area contributed by atoms with Gasteiger partial charge in [0.2, 0.25) is 0 Å². The van der Waals surface area contributed by atoms with Crippen LogP contribution in [0.2, 0.25) is 0 Å². The van der Waals surface area contributed by atoms with Crippen LogP contribution in [0.15, 0.2) is 6.20 Å². The Bertz CT molecular complexity index is 284. The van der Waals surface area contributed by atoms with Crippen molar-refractivity contribution in [3.63, 3.8) is 0 Å². The van der Waals surface area contributed by atoms with Crippen LogP contribution in [0.3, 0.4) is 0 Å². The van der Waals surface area contributed by atoms with Gasteiger partial charge in [-0.25, -0.2) is 0 Å². The topological polar surface area (TPSA) is 81.1 Å². The lowest BCUT2D eigenvalue weighted by Crippen LogP contribution is -1.97. The van der Waals surface area contributed by atoms with E-state index >= 15 is 0 Å². The van der Waals surface area contributed by atoms with E-state index in [-0.39, 0.29) is 11.8 Å². The lowest BCUT2D eigenvalue weighted by atomic mass is 10.4. The highest BCUT2D eigenvalue weighted by Gasteiger charge is 2.09. The van der Waals surface area contributed by atoms with Crippen LogP contribution in [-0.2, 0) is 0 Å². The van der Waals surface area contributed by atoms with Crippen molar-refractivity contribution in [2.45, 2.75) is 19.8 Å². The van der Waals surface area contributed by atoms with Crippen molar-refractivity contribution >= 4 is 5.82 Å². The third kappa shape index (κ3) is 2.73. The van der Waals surface area contributed by atoms with E-state index in [4.69, 9.17) is 4.74 Å². The Kier molecular flexibility index (Phi) is 3.24. The van der Waals surface area contributed by atoms with Gasteiger partial charge in [-0.2, -0.15) is 9.97 Å². The van der Waals surface area contributed by atoms with Crippen molar-refractivity contribution in [2.24, 2.45) is 0 Å². The summed E-state index contributed by atoms with van der Waals surface area (Å²) in [6, 6.07) is 0.208. The molecule has 0 bridgehead atoms. The van der Waals surface area contributed by atoms with Crippen LogP contribution in [0, 0.1) is 10.1 Å². The molecule has 0 saturated heterocycles. The molecule has 0 radical (unpaired) electrons. The monoisotopic (exact) mass is 185 g/mol. The average molecular weight is 185 g/mol. The number of ether oxygens (including phenoxy) is 1. The summed E-state index contributed by atoms with van der Waals surface area (Å²) in [6.07, 6.45) is 3.07. The molecular weight excluding hydrogens is 174 g/mol. The number of hydrogen-bond donors (Lipinski definition) is 1. The van der Waals surface area contributed by atoms with E-state index in [1.165, 1.54) is 0 Å². The maximum absolute atomic E-state index is 10.2. The fourth-order valence-electron chi connectivity index (χ4n) is 0.773. The zero-order valence-corrected chi connectivity index (χ0v) is 7.32. The maximum Gasteiger partial charge on any atom is 0.388 e. The van der Waals surface area contributed by atoms with Crippen LogP contribution in [0.25, 0.3) is 0 Å². The van der Waals surface area contributed by atoms with Gasteiger partial charge < -0.3 is 14.9 Å². The molecule has 1 N–H and O–H groups in total. The minimum Gasteiger partial charge on any atom is -0.447 e. The molecule has 6 heteroatoms. The van der Waals surface area contributed by atoms with Crippen LogP contribution in [-0.4, -0.2) is 21.5 Å². The molecule has 0 saturated carbocycles. The summed E-state index contributed by atoms with van der Waals surface area (Å²) in [7, 11) is 0. The molecule has 1 aromatic heterocycles. The number of unbranched alkanes of at least 4 members (excludes halogenated alkanes) is 1. The Hall–Kier alpha value is -1.59. The molecule has 0 atom stereocenters. The van der Waals surface area contributed by atoms with Crippen LogP contribution in [0.5, 0.6) is 6.01 Å². The second-order valence-electron chi connectivity index (χ2n) is 2.53. The molecule has 0 aliphatic carbocycles. The quantitative estimate of drug-likeness (QED) is 0.428. The maximum atomic E-state index is 10.2. The van der Waals surface area contributed by atoms with E-state index < -0.39 is 4.92 Å². The lowest BCUT2D eigenvalue weighted by Gasteiger charge is -1.96. The van der Waals surface area contributed by atoms with Gasteiger partial charge in [-0.3, -0.25) is 0 Å². The first-order chi connectivity index (χ1) is 6.24. The minimum atomic E-state index is -0.542. The van der Waals surface area contributed by atoms with Gasteiger partial charge in [-0.1, -0.05) is 13.3 Å². The van der Waals surface area contributed by atoms with Crippen molar-refractivity contribution < 1.29 is 9.66 Å². The fourth-order valence-corrected chi connectivity index (χ4v) is 0.773. The Morgan fingerprint density at radius 1 is 1.77 bits per heavy atom. The van der Waals surface area contributed by atoms with E-state index in [2.05, 4.69) is 9.97 Å². The van der Waals surface area contributed by atoms with Gasteiger partial charge in [-0.15, -0.1) is 0 Å². The number of nitro groups is 1. The van der Waals surface area contributed by atoms with Crippen LogP contribution in [0.4, 0.5) is 5.82 Å². The van der Waals surface area contributed by atoms with Crippen molar-refractivity contribution in [1.29, 1.82) is 0 Å². The zero-order chi connectivity index (χ0) is 9.68. The predicted octanol–water partition coefficient (Wildman–Crippen LogP) is 1.50. The number of imidazole rings is 1. The Balaban J connectivity index is 2.44. The predicted molar refractivity (Wildman–Crippen MR) is 45.6 cm³/mol. The van der Waals surface area contributed by atoms with E-state index in [0.29, 0.717) is 6.61 Å². The molecule has 0 unspecified atom stereocenters.